The molecule has 0 bridgehead atoms. The van der Waals surface area contributed by atoms with Gasteiger partial charge in [-0.2, -0.15) is 0 Å². The summed E-state index contributed by atoms with van der Waals surface area (Å²) < 4.78 is 18.5. The number of ether oxygens (including phenoxy) is 1. The highest BCUT2D eigenvalue weighted by Gasteiger charge is 2.30. The minimum Gasteiger partial charge on any atom is -0.370 e. The molecule has 2 aromatic rings. The summed E-state index contributed by atoms with van der Waals surface area (Å²) >= 11 is 1.55. The molecule has 0 spiro atoms. The van der Waals surface area contributed by atoms with E-state index in [0.29, 0.717) is 25.4 Å². The first-order valence-electron chi connectivity index (χ1n) is 7.52. The molecule has 1 aliphatic heterocycles. The molecule has 3 rings (SSSR count). The van der Waals surface area contributed by atoms with E-state index in [0.717, 1.165) is 10.5 Å². The first-order chi connectivity index (χ1) is 11.2. The number of carbonyl (C=O) groups excluding carboxylic acids is 1. The van der Waals surface area contributed by atoms with E-state index in [1.807, 2.05) is 35.2 Å². The quantitative estimate of drug-likeness (QED) is 0.760. The number of carbonyl (C=O) groups is 1. The lowest BCUT2D eigenvalue weighted by Crippen LogP contribution is -2.55. The fraction of sp³-hybridized carbons (Fsp3) is 0.278. The van der Waals surface area contributed by atoms with E-state index in [1.54, 1.807) is 23.9 Å². The van der Waals surface area contributed by atoms with Gasteiger partial charge in [0.1, 0.15) is 5.82 Å². The Morgan fingerprint density at radius 3 is 2.52 bits per heavy atom. The molecule has 23 heavy (non-hydrogen) atoms. The van der Waals surface area contributed by atoms with Crippen molar-refractivity contribution >= 4 is 17.7 Å². The second-order valence-corrected chi connectivity index (χ2v) is 6.51. The zero-order valence-corrected chi connectivity index (χ0v) is 13.5. The molecule has 0 N–H and O–H groups in total. The molecule has 120 valence electrons. The molecule has 0 atom stereocenters. The Labute approximate surface area is 139 Å². The lowest BCUT2D eigenvalue weighted by atomic mass is 10.1. The van der Waals surface area contributed by atoms with Crippen molar-refractivity contribution in [2.24, 2.45) is 0 Å². The van der Waals surface area contributed by atoms with Gasteiger partial charge >= 0.3 is 0 Å². The van der Waals surface area contributed by atoms with Crippen molar-refractivity contribution in [1.29, 1.82) is 0 Å². The molecule has 0 radical (unpaired) electrons. The first-order valence-corrected chi connectivity index (χ1v) is 8.51. The lowest BCUT2D eigenvalue weighted by Gasteiger charge is -2.38. The van der Waals surface area contributed by atoms with Crippen molar-refractivity contribution in [1.82, 2.24) is 4.90 Å². The van der Waals surface area contributed by atoms with Crippen LogP contribution in [0, 0.1) is 5.82 Å². The van der Waals surface area contributed by atoms with Gasteiger partial charge in [-0.1, -0.05) is 30.3 Å². The molecule has 0 aromatic heterocycles. The molecule has 3 nitrogen and oxygen atoms in total. The second-order valence-electron chi connectivity index (χ2n) is 5.46. The number of rotatable bonds is 6. The van der Waals surface area contributed by atoms with Crippen LogP contribution in [0.2, 0.25) is 0 Å². The summed E-state index contributed by atoms with van der Waals surface area (Å²) in [6.45, 7) is 1.72. The van der Waals surface area contributed by atoms with Gasteiger partial charge in [0.25, 0.3) is 0 Å². The van der Waals surface area contributed by atoms with E-state index < -0.39 is 0 Å². The fourth-order valence-electron chi connectivity index (χ4n) is 2.29. The molecule has 1 fully saturated rings. The molecule has 1 heterocycles. The van der Waals surface area contributed by atoms with Crippen LogP contribution in [0.4, 0.5) is 4.39 Å². The zero-order valence-electron chi connectivity index (χ0n) is 12.7. The predicted molar refractivity (Wildman–Crippen MR) is 88.7 cm³/mol. The molecule has 5 heteroatoms. The molecule has 0 unspecified atom stereocenters. The van der Waals surface area contributed by atoms with Crippen LogP contribution in [-0.4, -0.2) is 35.8 Å². The van der Waals surface area contributed by atoms with Crippen molar-refractivity contribution < 1.29 is 13.9 Å². The van der Waals surface area contributed by atoms with Crippen LogP contribution in [0.15, 0.2) is 59.5 Å². The average molecular weight is 331 g/mol. The van der Waals surface area contributed by atoms with Gasteiger partial charge in [-0.15, -0.1) is 11.8 Å². The maximum absolute atomic E-state index is 12.8. The van der Waals surface area contributed by atoms with Gasteiger partial charge in [0.15, 0.2) is 0 Å². The Morgan fingerprint density at radius 1 is 1.13 bits per heavy atom. The van der Waals surface area contributed by atoms with Crippen LogP contribution in [0.1, 0.15) is 5.56 Å². The SMILES string of the molecule is O=C(CSc1ccccc1)N1CC(OCc2ccc(F)cc2)C1. The smallest absolute Gasteiger partial charge is 0.233 e. The highest BCUT2D eigenvalue weighted by Crippen LogP contribution is 2.20. The summed E-state index contributed by atoms with van der Waals surface area (Å²) in [5.74, 6) is 0.347. The average Bonchev–Trinajstić information content (AvgIpc) is 2.54. The maximum atomic E-state index is 12.8. The fourth-order valence-corrected chi connectivity index (χ4v) is 3.12. The van der Waals surface area contributed by atoms with Crippen LogP contribution in [-0.2, 0) is 16.1 Å². The van der Waals surface area contributed by atoms with Gasteiger partial charge in [-0.25, -0.2) is 4.39 Å². The van der Waals surface area contributed by atoms with Crippen molar-refractivity contribution in [3.05, 3.63) is 66.0 Å². The number of benzene rings is 2. The van der Waals surface area contributed by atoms with Gasteiger partial charge in [0.2, 0.25) is 5.91 Å². The third-order valence-electron chi connectivity index (χ3n) is 3.71. The highest BCUT2D eigenvalue weighted by molar-refractivity contribution is 8.00. The summed E-state index contributed by atoms with van der Waals surface area (Å²) in [6, 6.07) is 16.2. The lowest BCUT2D eigenvalue weighted by molar-refractivity contribution is -0.142. The second kappa shape index (κ2) is 7.62. The molecule has 0 saturated carbocycles. The monoisotopic (exact) mass is 331 g/mol. The molecule has 1 saturated heterocycles. The van der Waals surface area contributed by atoms with Crippen molar-refractivity contribution in [2.45, 2.75) is 17.6 Å². The van der Waals surface area contributed by atoms with Gasteiger partial charge in [-0.3, -0.25) is 4.79 Å². The molecule has 1 amide bonds. The molecular weight excluding hydrogens is 313 g/mol. The summed E-state index contributed by atoms with van der Waals surface area (Å²) in [5, 5.41) is 0. The Morgan fingerprint density at radius 2 is 1.83 bits per heavy atom. The van der Waals surface area contributed by atoms with E-state index in [9.17, 15) is 9.18 Å². The van der Waals surface area contributed by atoms with Crippen LogP contribution in [0.5, 0.6) is 0 Å². The van der Waals surface area contributed by atoms with Crippen molar-refractivity contribution in [3.63, 3.8) is 0 Å². The molecule has 2 aromatic carbocycles. The number of likely N-dealkylation sites (tertiary alicyclic amines) is 1. The third-order valence-corrected chi connectivity index (χ3v) is 4.70. The predicted octanol–water partition coefficient (Wildman–Crippen LogP) is 3.35. The topological polar surface area (TPSA) is 29.5 Å². The van der Waals surface area contributed by atoms with Gasteiger partial charge in [0.05, 0.1) is 18.5 Å². The van der Waals surface area contributed by atoms with Crippen molar-refractivity contribution in [2.75, 3.05) is 18.8 Å². The van der Waals surface area contributed by atoms with E-state index >= 15 is 0 Å². The first kappa shape index (κ1) is 16.0. The van der Waals surface area contributed by atoms with E-state index in [1.165, 1.54) is 12.1 Å². The Hall–Kier alpha value is -1.85. The molecule has 0 aliphatic carbocycles. The number of thioether (sulfide) groups is 1. The van der Waals surface area contributed by atoms with Crippen LogP contribution >= 0.6 is 11.8 Å². The standard InChI is InChI=1S/C18H18FNO2S/c19-15-8-6-14(7-9-15)12-22-16-10-20(11-16)18(21)13-23-17-4-2-1-3-5-17/h1-9,16H,10-13H2. The van der Waals surface area contributed by atoms with Crippen LogP contribution < -0.4 is 0 Å². The zero-order chi connectivity index (χ0) is 16.1. The largest absolute Gasteiger partial charge is 0.370 e. The Kier molecular flexibility index (Phi) is 5.31. The normalized spacial score (nSPS) is 14.6. The molecule has 1 aliphatic rings. The van der Waals surface area contributed by atoms with Gasteiger partial charge < -0.3 is 9.64 Å². The number of hydrogen-bond donors (Lipinski definition) is 0. The Bertz CT molecular complexity index is 642. The summed E-state index contributed by atoms with van der Waals surface area (Å²) in [5.41, 5.74) is 0.941. The van der Waals surface area contributed by atoms with Crippen molar-refractivity contribution in [3.8, 4) is 0 Å². The Balaban J connectivity index is 1.35. The van der Waals surface area contributed by atoms with E-state index in [2.05, 4.69) is 0 Å². The number of halogens is 1. The van der Waals surface area contributed by atoms with Gasteiger partial charge in [0, 0.05) is 18.0 Å². The van der Waals surface area contributed by atoms with Crippen LogP contribution in [0.25, 0.3) is 0 Å². The minimum absolute atomic E-state index is 0.0747. The molecular formula is C18H18FNO2S. The number of nitrogens with zero attached hydrogens (tertiary/aromatic N) is 1. The van der Waals surface area contributed by atoms with Gasteiger partial charge in [-0.05, 0) is 29.8 Å². The number of amides is 1. The van der Waals surface area contributed by atoms with E-state index in [4.69, 9.17) is 4.74 Å². The maximum Gasteiger partial charge on any atom is 0.233 e. The summed E-state index contributed by atoms with van der Waals surface area (Å²) in [7, 11) is 0. The minimum atomic E-state index is -0.245. The van der Waals surface area contributed by atoms with E-state index in [-0.39, 0.29) is 17.8 Å². The summed E-state index contributed by atoms with van der Waals surface area (Å²) in [4.78, 5) is 15.0. The number of hydrogen-bond acceptors (Lipinski definition) is 3. The van der Waals surface area contributed by atoms with Crippen LogP contribution in [0.3, 0.4) is 0 Å². The summed E-state index contributed by atoms with van der Waals surface area (Å²) in [6.07, 6.45) is 0.0747. The third kappa shape index (κ3) is 4.56. The highest BCUT2D eigenvalue weighted by atomic mass is 32.2.